The molecule has 7 rings (SSSR count). The number of rotatable bonds is 16. The molecule has 0 radical (unpaired) electrons. The number of amides is 2. The minimum absolute atomic E-state index is 0.0713. The average molecular weight is 847 g/mol. The van der Waals surface area contributed by atoms with E-state index in [1.54, 1.807) is 89.7 Å². The summed E-state index contributed by atoms with van der Waals surface area (Å²) in [6, 6.07) is 30.8. The molecule has 62 heavy (non-hydrogen) atoms. The van der Waals surface area contributed by atoms with Crippen LogP contribution in [0, 0.1) is 0 Å². The number of esters is 1. The molecule has 3 atom stereocenters. The van der Waals surface area contributed by atoms with Gasteiger partial charge in [0.15, 0.2) is 0 Å². The topological polar surface area (TPSA) is 119 Å². The van der Waals surface area contributed by atoms with Crippen molar-refractivity contribution in [1.82, 2.24) is 4.90 Å². The lowest BCUT2D eigenvalue weighted by Crippen LogP contribution is -2.53. The van der Waals surface area contributed by atoms with Crippen molar-refractivity contribution in [2.45, 2.75) is 57.1 Å². The van der Waals surface area contributed by atoms with Gasteiger partial charge in [-0.25, -0.2) is 0 Å². The highest BCUT2D eigenvalue weighted by atomic mass is 19.4. The molecule has 13 heteroatoms. The Bertz CT molecular complexity index is 2560. The van der Waals surface area contributed by atoms with Gasteiger partial charge >= 0.3 is 12.1 Å². The number of furan rings is 1. The fourth-order valence-electron chi connectivity index (χ4n) is 7.98. The number of hydrogen-bond acceptors (Lipinski definition) is 8. The summed E-state index contributed by atoms with van der Waals surface area (Å²) in [5, 5.41) is 11.0. The molecule has 1 aliphatic heterocycles. The molecule has 10 nitrogen and oxygen atoms in total. The van der Waals surface area contributed by atoms with Crippen molar-refractivity contribution in [1.29, 1.82) is 0 Å². The highest BCUT2D eigenvalue weighted by molar-refractivity contribution is 6.07. The number of hydrogen-bond donors (Lipinski definition) is 1. The molecular formula is C49H45F3N2O8. The third kappa shape index (κ3) is 9.37. The highest BCUT2D eigenvalue weighted by Crippen LogP contribution is 2.48. The van der Waals surface area contributed by atoms with Gasteiger partial charge < -0.3 is 33.5 Å². The van der Waals surface area contributed by atoms with Crippen LogP contribution in [0.2, 0.25) is 0 Å². The molecule has 1 unspecified atom stereocenters. The summed E-state index contributed by atoms with van der Waals surface area (Å²) in [5.74, 6) is -0.0503. The van der Waals surface area contributed by atoms with Crippen LogP contribution < -0.4 is 14.4 Å². The van der Waals surface area contributed by atoms with Crippen molar-refractivity contribution in [3.8, 4) is 22.8 Å². The number of carbonyl (C=O) groups excluding carboxylic acids is 3. The zero-order valence-corrected chi connectivity index (χ0v) is 34.1. The Labute approximate surface area is 356 Å². The molecule has 1 N–H and O–H groups in total. The van der Waals surface area contributed by atoms with Gasteiger partial charge in [-0.2, -0.15) is 13.2 Å². The molecule has 1 aliphatic rings. The van der Waals surface area contributed by atoms with Crippen molar-refractivity contribution in [2.75, 3.05) is 25.2 Å². The standard InChI is InChI=1S/C49H45F3N2O8/c1-4-10-44(61-31(2)56)47-46(41-29-37(60-26-9-25-55)21-23-42(41)54(47)45(57)27-32-17-19-36(59-3)20-18-32)53(48(58)40-16-8-12-33-11-5-6-15-39(33)40)30-38-22-24-43(62-38)34-13-7-14-35(28-34)49(50,51)52/h4-8,11-24,28-29,44,46-47,55H,1,9-10,25-27,30H2,2-3H3/t44?,46-,47+/m0/s1. The predicted molar refractivity (Wildman–Crippen MR) is 228 cm³/mol. The molecule has 0 spiro atoms. The second-order valence-electron chi connectivity index (χ2n) is 14.8. The summed E-state index contributed by atoms with van der Waals surface area (Å²) >= 11 is 0. The SMILES string of the molecule is C=CCC(OC(C)=O)[C@@H]1[C@@H](N(Cc2ccc(-c3cccc(C(F)(F)F)c3)o2)C(=O)c2cccc3ccccc23)c2cc(OCCCO)ccc2N1C(=O)Cc1ccc(OC)cc1. The number of aliphatic hydroxyl groups excluding tert-OH is 1. The number of methoxy groups -OCH3 is 1. The fraction of sp³-hybridized carbons (Fsp3) is 0.245. The quantitative estimate of drug-likeness (QED) is 0.0582. The van der Waals surface area contributed by atoms with Crippen molar-refractivity contribution in [2.24, 2.45) is 0 Å². The molecule has 0 saturated heterocycles. The van der Waals surface area contributed by atoms with Gasteiger partial charge in [-0.15, -0.1) is 6.58 Å². The largest absolute Gasteiger partial charge is 0.497 e. The molecule has 0 saturated carbocycles. The number of anilines is 1. The minimum atomic E-state index is -4.58. The van der Waals surface area contributed by atoms with Crippen LogP contribution in [0.3, 0.4) is 0 Å². The monoisotopic (exact) mass is 846 g/mol. The van der Waals surface area contributed by atoms with Crippen molar-refractivity contribution in [3.05, 3.63) is 162 Å². The molecule has 2 amide bonds. The van der Waals surface area contributed by atoms with Gasteiger partial charge in [0.1, 0.15) is 29.1 Å². The van der Waals surface area contributed by atoms with E-state index in [4.69, 9.17) is 18.6 Å². The Kier molecular flexibility index (Phi) is 13.1. The van der Waals surface area contributed by atoms with Crippen LogP contribution in [0.1, 0.15) is 58.6 Å². The number of halogens is 3. The first-order chi connectivity index (χ1) is 29.9. The minimum Gasteiger partial charge on any atom is -0.497 e. The van der Waals surface area contributed by atoms with Crippen LogP contribution >= 0.6 is 0 Å². The third-order valence-electron chi connectivity index (χ3n) is 10.7. The maximum Gasteiger partial charge on any atom is 0.416 e. The molecule has 0 fully saturated rings. The van der Waals surface area contributed by atoms with Gasteiger partial charge in [-0.3, -0.25) is 14.4 Å². The number of nitrogens with zero attached hydrogens (tertiary/aromatic N) is 2. The van der Waals surface area contributed by atoms with E-state index in [9.17, 15) is 27.9 Å². The summed E-state index contributed by atoms with van der Waals surface area (Å²) < 4.78 is 64.9. The lowest BCUT2D eigenvalue weighted by molar-refractivity contribution is -0.148. The van der Waals surface area contributed by atoms with E-state index in [1.807, 2.05) is 30.3 Å². The van der Waals surface area contributed by atoms with Gasteiger partial charge in [0, 0.05) is 48.8 Å². The van der Waals surface area contributed by atoms with Crippen LogP contribution in [0.4, 0.5) is 18.9 Å². The van der Waals surface area contributed by atoms with Crippen LogP contribution in [0.5, 0.6) is 11.5 Å². The Morgan fingerprint density at radius 3 is 2.39 bits per heavy atom. The molecule has 0 bridgehead atoms. The second kappa shape index (κ2) is 18.8. The zero-order chi connectivity index (χ0) is 44.0. The number of fused-ring (bicyclic) bond motifs is 2. The molecular weight excluding hydrogens is 802 g/mol. The van der Waals surface area contributed by atoms with Crippen LogP contribution in [0.15, 0.2) is 138 Å². The zero-order valence-electron chi connectivity index (χ0n) is 34.1. The van der Waals surface area contributed by atoms with Crippen molar-refractivity contribution < 1.29 is 51.3 Å². The smallest absolute Gasteiger partial charge is 0.416 e. The van der Waals surface area contributed by atoms with Crippen LogP contribution in [-0.2, 0) is 33.5 Å². The van der Waals surface area contributed by atoms with E-state index in [-0.39, 0.29) is 55.6 Å². The molecule has 2 heterocycles. The number of aliphatic hydroxyl groups is 1. The van der Waals surface area contributed by atoms with Crippen LogP contribution in [-0.4, -0.2) is 60.3 Å². The lowest BCUT2D eigenvalue weighted by Gasteiger charge is -2.39. The third-order valence-corrected chi connectivity index (χ3v) is 10.7. The van der Waals surface area contributed by atoms with Gasteiger partial charge in [0.2, 0.25) is 5.91 Å². The van der Waals surface area contributed by atoms with Crippen molar-refractivity contribution >= 4 is 34.2 Å². The lowest BCUT2D eigenvalue weighted by atomic mass is 9.93. The van der Waals surface area contributed by atoms with Gasteiger partial charge in [-0.1, -0.05) is 66.7 Å². The predicted octanol–water partition coefficient (Wildman–Crippen LogP) is 9.74. The normalized spacial score (nSPS) is 15.2. The van der Waals surface area contributed by atoms with Gasteiger partial charge in [0.05, 0.1) is 44.3 Å². The number of benzene rings is 5. The molecule has 320 valence electrons. The molecule has 0 aliphatic carbocycles. The van der Waals surface area contributed by atoms with E-state index in [0.29, 0.717) is 45.7 Å². The average Bonchev–Trinajstić information content (AvgIpc) is 3.87. The summed E-state index contributed by atoms with van der Waals surface area (Å²) in [7, 11) is 1.54. The Hall–Kier alpha value is -6.86. The number of alkyl halides is 3. The first-order valence-electron chi connectivity index (χ1n) is 20.1. The summed E-state index contributed by atoms with van der Waals surface area (Å²) in [6.07, 6.45) is -3.66. The van der Waals surface area contributed by atoms with E-state index >= 15 is 4.79 Å². The molecule has 6 aromatic rings. The van der Waals surface area contributed by atoms with Gasteiger partial charge in [0.25, 0.3) is 5.91 Å². The van der Waals surface area contributed by atoms with Crippen LogP contribution in [0.25, 0.3) is 22.1 Å². The summed E-state index contributed by atoms with van der Waals surface area (Å²) in [4.78, 5) is 46.4. The Morgan fingerprint density at radius 2 is 1.66 bits per heavy atom. The first kappa shape index (κ1) is 43.2. The second-order valence-corrected chi connectivity index (χ2v) is 14.8. The first-order valence-corrected chi connectivity index (χ1v) is 20.1. The maximum atomic E-state index is 15.5. The highest BCUT2D eigenvalue weighted by Gasteiger charge is 2.51. The van der Waals surface area contributed by atoms with E-state index in [0.717, 1.165) is 17.5 Å². The summed E-state index contributed by atoms with van der Waals surface area (Å²) in [6.45, 7) is 5.05. The molecule has 5 aromatic carbocycles. The molecule has 1 aromatic heterocycles. The van der Waals surface area contributed by atoms with E-state index < -0.39 is 41.8 Å². The summed E-state index contributed by atoms with van der Waals surface area (Å²) in [5.41, 5.74) is 1.29. The fourth-order valence-corrected chi connectivity index (χ4v) is 7.98. The number of carbonyl (C=O) groups is 3. The Balaban J connectivity index is 1.42. The van der Waals surface area contributed by atoms with E-state index in [2.05, 4.69) is 6.58 Å². The maximum absolute atomic E-state index is 15.5. The number of ether oxygens (including phenoxy) is 3. The van der Waals surface area contributed by atoms with E-state index in [1.165, 1.54) is 19.1 Å². The Morgan fingerprint density at radius 1 is 0.919 bits per heavy atom. The van der Waals surface area contributed by atoms with Gasteiger partial charge in [-0.05, 0) is 77.0 Å². The van der Waals surface area contributed by atoms with Crippen molar-refractivity contribution in [3.63, 3.8) is 0 Å².